The Labute approximate surface area is 143 Å². The lowest BCUT2D eigenvalue weighted by Crippen LogP contribution is -2.45. The molecule has 1 atom stereocenters. The molecule has 0 saturated carbocycles. The first-order chi connectivity index (χ1) is 10.7. The summed E-state index contributed by atoms with van der Waals surface area (Å²) in [5.74, 6) is 0. The molecule has 1 aliphatic heterocycles. The molecule has 0 spiro atoms. The summed E-state index contributed by atoms with van der Waals surface area (Å²) in [4.78, 5) is 2.42. The lowest BCUT2D eigenvalue weighted by molar-refractivity contribution is -0.0260. The van der Waals surface area contributed by atoms with Crippen LogP contribution in [0.25, 0.3) is 11.3 Å². The second kappa shape index (κ2) is 7.93. The summed E-state index contributed by atoms with van der Waals surface area (Å²) >= 11 is 0. The van der Waals surface area contributed by atoms with Crippen LogP contribution >= 0.6 is 12.4 Å². The van der Waals surface area contributed by atoms with Crippen LogP contribution in [0.4, 0.5) is 0 Å². The molecule has 1 aromatic heterocycles. The van der Waals surface area contributed by atoms with Crippen molar-refractivity contribution in [1.82, 2.24) is 14.7 Å². The van der Waals surface area contributed by atoms with Crippen molar-refractivity contribution in [3.05, 3.63) is 41.6 Å². The predicted molar refractivity (Wildman–Crippen MR) is 94.7 cm³/mol. The van der Waals surface area contributed by atoms with Crippen LogP contribution in [-0.2, 0) is 18.3 Å². The maximum absolute atomic E-state index is 5.74. The van der Waals surface area contributed by atoms with Crippen molar-refractivity contribution in [3.63, 3.8) is 0 Å². The molecule has 1 aliphatic rings. The molecule has 23 heavy (non-hydrogen) atoms. The standard InChI is InChI=1S/C17H24N4O.ClH/c1-13-3-4-14(11-21-7-8-22-15(10-18)12-21)16(9-13)17-5-6-19-20(17)2;/h3-6,9,15H,7-8,10-12,18H2,1-2H3;1H. The second-order valence-corrected chi connectivity index (χ2v) is 5.96. The topological polar surface area (TPSA) is 56.3 Å². The summed E-state index contributed by atoms with van der Waals surface area (Å²) in [7, 11) is 1.99. The van der Waals surface area contributed by atoms with Crippen molar-refractivity contribution in [2.75, 3.05) is 26.2 Å². The van der Waals surface area contributed by atoms with Gasteiger partial charge in [-0.1, -0.05) is 17.7 Å². The van der Waals surface area contributed by atoms with E-state index < -0.39 is 0 Å². The highest BCUT2D eigenvalue weighted by Crippen LogP contribution is 2.26. The van der Waals surface area contributed by atoms with E-state index >= 15 is 0 Å². The highest BCUT2D eigenvalue weighted by Gasteiger charge is 2.20. The van der Waals surface area contributed by atoms with Gasteiger partial charge in [-0.05, 0) is 24.6 Å². The Bertz CT molecular complexity index is 643. The number of nitrogens with two attached hydrogens (primary N) is 1. The van der Waals surface area contributed by atoms with Gasteiger partial charge in [-0.2, -0.15) is 5.10 Å². The SMILES string of the molecule is Cc1ccc(CN2CCOC(CN)C2)c(-c2ccnn2C)c1.Cl. The predicted octanol–water partition coefficient (Wildman–Crippen LogP) is 1.98. The van der Waals surface area contributed by atoms with E-state index in [1.54, 1.807) is 0 Å². The van der Waals surface area contributed by atoms with Gasteiger partial charge in [-0.25, -0.2) is 0 Å². The molecule has 0 radical (unpaired) electrons. The average Bonchev–Trinajstić information content (AvgIpc) is 2.95. The van der Waals surface area contributed by atoms with Gasteiger partial charge in [0.25, 0.3) is 0 Å². The molecule has 6 heteroatoms. The van der Waals surface area contributed by atoms with Gasteiger partial charge in [0, 0.05) is 45.0 Å². The van der Waals surface area contributed by atoms with E-state index in [2.05, 4.69) is 41.2 Å². The van der Waals surface area contributed by atoms with E-state index in [9.17, 15) is 0 Å². The van der Waals surface area contributed by atoms with E-state index in [1.165, 1.54) is 16.7 Å². The van der Waals surface area contributed by atoms with Gasteiger partial charge in [0.15, 0.2) is 0 Å². The summed E-state index contributed by atoms with van der Waals surface area (Å²) in [6, 6.07) is 8.72. The van der Waals surface area contributed by atoms with Crippen LogP contribution in [0.15, 0.2) is 30.5 Å². The summed E-state index contributed by atoms with van der Waals surface area (Å²) in [5, 5.41) is 4.30. The van der Waals surface area contributed by atoms with Crippen LogP contribution in [0.2, 0.25) is 0 Å². The highest BCUT2D eigenvalue weighted by atomic mass is 35.5. The third-order valence-corrected chi connectivity index (χ3v) is 4.24. The molecule has 1 unspecified atom stereocenters. The number of hydrogen-bond acceptors (Lipinski definition) is 4. The van der Waals surface area contributed by atoms with Gasteiger partial charge in [-0.3, -0.25) is 9.58 Å². The number of morpholine rings is 1. The summed E-state index contributed by atoms with van der Waals surface area (Å²) in [6.07, 6.45) is 2.00. The van der Waals surface area contributed by atoms with Crippen molar-refractivity contribution in [2.45, 2.75) is 19.6 Å². The monoisotopic (exact) mass is 336 g/mol. The number of halogens is 1. The van der Waals surface area contributed by atoms with Crippen molar-refractivity contribution in [3.8, 4) is 11.3 Å². The zero-order chi connectivity index (χ0) is 15.5. The minimum absolute atomic E-state index is 0. The van der Waals surface area contributed by atoms with Crippen LogP contribution < -0.4 is 5.73 Å². The largest absolute Gasteiger partial charge is 0.374 e. The molecule has 0 amide bonds. The number of rotatable bonds is 4. The minimum Gasteiger partial charge on any atom is -0.374 e. The molecule has 1 aromatic carbocycles. The summed E-state index contributed by atoms with van der Waals surface area (Å²) in [6.45, 7) is 6.24. The first-order valence-electron chi connectivity index (χ1n) is 7.79. The molecule has 2 heterocycles. The molecule has 0 aliphatic carbocycles. The van der Waals surface area contributed by atoms with Crippen LogP contribution in [0.5, 0.6) is 0 Å². The Kier molecular flexibility index (Phi) is 6.18. The second-order valence-electron chi connectivity index (χ2n) is 5.96. The smallest absolute Gasteiger partial charge is 0.0824 e. The number of hydrogen-bond donors (Lipinski definition) is 1. The quantitative estimate of drug-likeness (QED) is 0.927. The Balaban J connectivity index is 0.00000192. The molecule has 0 bridgehead atoms. The minimum atomic E-state index is 0. The molecule has 2 aromatic rings. The van der Waals surface area contributed by atoms with E-state index in [1.807, 2.05) is 17.9 Å². The van der Waals surface area contributed by atoms with Crippen molar-refractivity contribution in [1.29, 1.82) is 0 Å². The Morgan fingerprint density at radius 3 is 2.87 bits per heavy atom. The van der Waals surface area contributed by atoms with Gasteiger partial charge >= 0.3 is 0 Å². The molecular weight excluding hydrogens is 312 g/mol. The molecule has 2 N–H and O–H groups in total. The van der Waals surface area contributed by atoms with Gasteiger partial charge in [0.1, 0.15) is 0 Å². The fraction of sp³-hybridized carbons (Fsp3) is 0.471. The fourth-order valence-electron chi connectivity index (χ4n) is 3.01. The van der Waals surface area contributed by atoms with Crippen molar-refractivity contribution >= 4 is 12.4 Å². The molecule has 1 saturated heterocycles. The van der Waals surface area contributed by atoms with Crippen LogP contribution in [0.3, 0.4) is 0 Å². The van der Waals surface area contributed by atoms with Crippen molar-refractivity contribution in [2.24, 2.45) is 12.8 Å². The highest BCUT2D eigenvalue weighted by molar-refractivity contribution is 5.85. The third kappa shape index (κ3) is 4.12. The first kappa shape index (κ1) is 17.9. The summed E-state index contributed by atoms with van der Waals surface area (Å²) < 4.78 is 7.59. The molecule has 126 valence electrons. The summed E-state index contributed by atoms with van der Waals surface area (Å²) in [5.41, 5.74) is 10.7. The number of benzene rings is 1. The van der Waals surface area contributed by atoms with Gasteiger partial charge in [0.05, 0.1) is 18.4 Å². The van der Waals surface area contributed by atoms with E-state index in [-0.39, 0.29) is 18.5 Å². The van der Waals surface area contributed by atoms with E-state index in [0.29, 0.717) is 6.54 Å². The van der Waals surface area contributed by atoms with Crippen LogP contribution in [-0.4, -0.2) is 47.0 Å². The Morgan fingerprint density at radius 1 is 1.35 bits per heavy atom. The molecular formula is C17H25ClN4O. The third-order valence-electron chi connectivity index (χ3n) is 4.24. The van der Waals surface area contributed by atoms with Gasteiger partial charge in [-0.15, -0.1) is 12.4 Å². The number of nitrogens with zero attached hydrogens (tertiary/aromatic N) is 3. The maximum Gasteiger partial charge on any atom is 0.0824 e. The zero-order valence-electron chi connectivity index (χ0n) is 13.7. The lowest BCUT2D eigenvalue weighted by Gasteiger charge is -2.32. The maximum atomic E-state index is 5.74. The van der Waals surface area contributed by atoms with Gasteiger partial charge < -0.3 is 10.5 Å². The van der Waals surface area contributed by atoms with E-state index in [0.717, 1.165) is 31.9 Å². The zero-order valence-corrected chi connectivity index (χ0v) is 14.6. The first-order valence-corrected chi connectivity index (χ1v) is 7.79. The number of aryl methyl sites for hydroxylation is 2. The fourth-order valence-corrected chi connectivity index (χ4v) is 3.01. The molecule has 3 rings (SSSR count). The lowest BCUT2D eigenvalue weighted by atomic mass is 10.0. The Morgan fingerprint density at radius 2 is 2.17 bits per heavy atom. The van der Waals surface area contributed by atoms with Crippen LogP contribution in [0.1, 0.15) is 11.1 Å². The van der Waals surface area contributed by atoms with E-state index in [4.69, 9.17) is 10.5 Å². The number of ether oxygens (including phenoxy) is 1. The van der Waals surface area contributed by atoms with Crippen molar-refractivity contribution < 1.29 is 4.74 Å². The Hall–Kier alpha value is -1.40. The number of aromatic nitrogens is 2. The normalized spacial score (nSPS) is 18.7. The van der Waals surface area contributed by atoms with Gasteiger partial charge in [0.2, 0.25) is 0 Å². The molecule has 1 fully saturated rings. The molecule has 5 nitrogen and oxygen atoms in total. The average molecular weight is 337 g/mol. The van der Waals surface area contributed by atoms with Crippen LogP contribution in [0, 0.1) is 6.92 Å².